The van der Waals surface area contributed by atoms with Crippen LogP contribution in [0.2, 0.25) is 0 Å². The number of likely N-dealkylation sites (tertiary alicyclic amines) is 1. The van der Waals surface area contributed by atoms with Crippen molar-refractivity contribution >= 4 is 23.2 Å². The normalized spacial score (nSPS) is 21.8. The summed E-state index contributed by atoms with van der Waals surface area (Å²) in [5.41, 5.74) is 0.488. The van der Waals surface area contributed by atoms with E-state index in [2.05, 4.69) is 5.32 Å². The molecule has 1 N–H and O–H groups in total. The van der Waals surface area contributed by atoms with Crippen LogP contribution in [-0.2, 0) is 9.59 Å². The molecule has 2 aliphatic rings. The zero-order valence-electron chi connectivity index (χ0n) is 13.4. The summed E-state index contributed by atoms with van der Waals surface area (Å²) in [6.07, 6.45) is 5.82. The number of rotatable bonds is 4. The summed E-state index contributed by atoms with van der Waals surface area (Å²) in [6, 6.07) is 5.99. The first-order valence-corrected chi connectivity index (χ1v) is 8.39. The van der Waals surface area contributed by atoms with E-state index in [-0.39, 0.29) is 35.9 Å². The van der Waals surface area contributed by atoms with Crippen LogP contribution in [0.15, 0.2) is 24.3 Å². The average Bonchev–Trinajstić information content (AvgIpc) is 2.98. The number of carbonyl (C=O) groups excluding carboxylic acids is 2. The predicted molar refractivity (Wildman–Crippen MR) is 88.4 cm³/mol. The highest BCUT2D eigenvalue weighted by atomic mass is 16.6. The molecule has 7 nitrogen and oxygen atoms in total. The molecule has 3 rings (SSSR count). The van der Waals surface area contributed by atoms with Gasteiger partial charge in [0.25, 0.3) is 5.69 Å². The van der Waals surface area contributed by atoms with Crippen molar-refractivity contribution in [1.29, 1.82) is 0 Å². The van der Waals surface area contributed by atoms with E-state index >= 15 is 0 Å². The maximum Gasteiger partial charge on any atom is 0.269 e. The molecule has 0 aromatic heterocycles. The van der Waals surface area contributed by atoms with Gasteiger partial charge in [0.2, 0.25) is 11.8 Å². The van der Waals surface area contributed by atoms with Gasteiger partial charge in [0.15, 0.2) is 0 Å². The minimum Gasteiger partial charge on any atom is -0.339 e. The number of nitro groups is 1. The molecule has 1 saturated carbocycles. The molecule has 1 saturated heterocycles. The summed E-state index contributed by atoms with van der Waals surface area (Å²) >= 11 is 0. The number of non-ortho nitro benzene ring substituents is 1. The largest absolute Gasteiger partial charge is 0.339 e. The summed E-state index contributed by atoms with van der Waals surface area (Å²) in [7, 11) is 0. The Morgan fingerprint density at radius 1 is 1.17 bits per heavy atom. The fourth-order valence-corrected chi connectivity index (χ4v) is 3.56. The Morgan fingerprint density at radius 2 is 1.83 bits per heavy atom. The molecule has 1 aliphatic carbocycles. The summed E-state index contributed by atoms with van der Waals surface area (Å²) in [5, 5.41) is 13.4. The molecule has 0 bridgehead atoms. The first-order chi connectivity index (χ1) is 11.5. The minimum atomic E-state index is -0.483. The quantitative estimate of drug-likeness (QED) is 0.678. The van der Waals surface area contributed by atoms with Gasteiger partial charge in [-0.05, 0) is 25.0 Å². The summed E-state index contributed by atoms with van der Waals surface area (Å²) in [6.45, 7) is 0.475. The van der Waals surface area contributed by atoms with E-state index in [4.69, 9.17) is 0 Å². The molecule has 1 heterocycles. The standard InChI is InChI=1S/C17H21N3O4/c21-16-10-12(11-19(16)14-4-2-1-3-5-14)17(22)18-13-6-8-15(9-7-13)20(23)24/h6-9,12,14H,1-5,10-11H2,(H,18,22). The van der Waals surface area contributed by atoms with Gasteiger partial charge in [-0.2, -0.15) is 0 Å². The van der Waals surface area contributed by atoms with Crippen LogP contribution in [-0.4, -0.2) is 34.2 Å². The van der Waals surface area contributed by atoms with E-state index in [1.807, 2.05) is 4.90 Å². The van der Waals surface area contributed by atoms with Crippen LogP contribution in [0.5, 0.6) is 0 Å². The van der Waals surface area contributed by atoms with Gasteiger partial charge in [0.1, 0.15) is 0 Å². The monoisotopic (exact) mass is 331 g/mol. The predicted octanol–water partition coefficient (Wildman–Crippen LogP) is 2.71. The second kappa shape index (κ2) is 6.98. The smallest absolute Gasteiger partial charge is 0.269 e. The van der Waals surface area contributed by atoms with Gasteiger partial charge >= 0.3 is 0 Å². The molecule has 128 valence electrons. The first-order valence-electron chi connectivity index (χ1n) is 8.39. The van der Waals surface area contributed by atoms with Crippen LogP contribution < -0.4 is 5.32 Å². The number of carbonyl (C=O) groups is 2. The molecule has 7 heteroatoms. The molecule has 1 aliphatic heterocycles. The Labute approximate surface area is 140 Å². The number of nitro benzene ring substituents is 1. The molecule has 2 fully saturated rings. The van der Waals surface area contributed by atoms with Crippen molar-refractivity contribution in [2.75, 3.05) is 11.9 Å². The summed E-state index contributed by atoms with van der Waals surface area (Å²) in [5.74, 6) is -0.490. The molecule has 24 heavy (non-hydrogen) atoms. The Bertz CT molecular complexity index is 638. The van der Waals surface area contributed by atoms with Gasteiger partial charge in [-0.1, -0.05) is 19.3 Å². The lowest BCUT2D eigenvalue weighted by Crippen LogP contribution is -2.38. The maximum absolute atomic E-state index is 12.4. The second-order valence-corrected chi connectivity index (χ2v) is 6.53. The van der Waals surface area contributed by atoms with Gasteiger partial charge in [0.05, 0.1) is 10.8 Å². The number of anilines is 1. The average molecular weight is 331 g/mol. The highest BCUT2D eigenvalue weighted by molar-refractivity contribution is 5.97. The van der Waals surface area contributed by atoms with Crippen molar-refractivity contribution in [2.45, 2.75) is 44.6 Å². The Balaban J connectivity index is 1.59. The first kappa shape index (κ1) is 16.4. The summed E-state index contributed by atoms with van der Waals surface area (Å²) < 4.78 is 0. The molecule has 1 unspecified atom stereocenters. The lowest BCUT2D eigenvalue weighted by molar-refractivity contribution is -0.384. The Kier molecular flexibility index (Phi) is 4.78. The van der Waals surface area contributed by atoms with Crippen LogP contribution in [0.4, 0.5) is 11.4 Å². The third-order valence-corrected chi connectivity index (χ3v) is 4.89. The number of nitrogens with one attached hydrogen (secondary N) is 1. The van der Waals surface area contributed by atoms with E-state index in [1.54, 1.807) is 0 Å². The number of hydrogen-bond donors (Lipinski definition) is 1. The Hall–Kier alpha value is -2.44. The molecule has 1 aromatic rings. The van der Waals surface area contributed by atoms with Gasteiger partial charge in [-0.15, -0.1) is 0 Å². The fourth-order valence-electron chi connectivity index (χ4n) is 3.56. The van der Waals surface area contributed by atoms with Crippen molar-refractivity contribution in [2.24, 2.45) is 5.92 Å². The van der Waals surface area contributed by atoms with E-state index < -0.39 is 4.92 Å². The van der Waals surface area contributed by atoms with Crippen molar-refractivity contribution in [3.8, 4) is 0 Å². The molecular weight excluding hydrogens is 310 g/mol. The zero-order valence-corrected chi connectivity index (χ0v) is 13.4. The third kappa shape index (κ3) is 3.55. The number of benzene rings is 1. The molecule has 0 radical (unpaired) electrons. The highest BCUT2D eigenvalue weighted by Gasteiger charge is 2.38. The summed E-state index contributed by atoms with van der Waals surface area (Å²) in [4.78, 5) is 36.6. The minimum absolute atomic E-state index is 0.0208. The molecule has 0 spiro atoms. The number of hydrogen-bond acceptors (Lipinski definition) is 4. The lowest BCUT2D eigenvalue weighted by atomic mass is 9.94. The van der Waals surface area contributed by atoms with Crippen LogP contribution in [0.25, 0.3) is 0 Å². The van der Waals surface area contributed by atoms with Gasteiger partial charge in [-0.25, -0.2) is 0 Å². The lowest BCUT2D eigenvalue weighted by Gasteiger charge is -2.31. The van der Waals surface area contributed by atoms with Crippen LogP contribution in [0, 0.1) is 16.0 Å². The van der Waals surface area contributed by atoms with Crippen molar-refractivity contribution < 1.29 is 14.5 Å². The number of amides is 2. The van der Waals surface area contributed by atoms with Crippen molar-refractivity contribution in [1.82, 2.24) is 4.90 Å². The third-order valence-electron chi connectivity index (χ3n) is 4.89. The van der Waals surface area contributed by atoms with Crippen molar-refractivity contribution in [3.05, 3.63) is 34.4 Å². The highest BCUT2D eigenvalue weighted by Crippen LogP contribution is 2.29. The van der Waals surface area contributed by atoms with Crippen LogP contribution in [0.3, 0.4) is 0 Å². The molecule has 1 aromatic carbocycles. The van der Waals surface area contributed by atoms with Gasteiger partial charge < -0.3 is 10.2 Å². The van der Waals surface area contributed by atoms with Crippen LogP contribution in [0.1, 0.15) is 38.5 Å². The van der Waals surface area contributed by atoms with Crippen LogP contribution >= 0.6 is 0 Å². The van der Waals surface area contributed by atoms with E-state index in [1.165, 1.54) is 30.7 Å². The number of nitrogens with zero attached hydrogens (tertiary/aromatic N) is 2. The maximum atomic E-state index is 12.4. The van der Waals surface area contributed by atoms with Gasteiger partial charge in [-0.3, -0.25) is 19.7 Å². The van der Waals surface area contributed by atoms with E-state index in [9.17, 15) is 19.7 Å². The van der Waals surface area contributed by atoms with E-state index in [0.29, 0.717) is 12.2 Å². The SMILES string of the molecule is O=C(Nc1ccc([N+](=O)[O-])cc1)C1CC(=O)N(C2CCCCC2)C1. The fraction of sp³-hybridized carbons (Fsp3) is 0.529. The molecule has 2 amide bonds. The zero-order chi connectivity index (χ0) is 17.1. The molecular formula is C17H21N3O4. The Morgan fingerprint density at radius 3 is 2.46 bits per heavy atom. The molecule has 1 atom stereocenters. The van der Waals surface area contributed by atoms with Crippen molar-refractivity contribution in [3.63, 3.8) is 0 Å². The van der Waals surface area contributed by atoms with Gasteiger partial charge in [0, 0.05) is 36.8 Å². The topological polar surface area (TPSA) is 92.5 Å². The van der Waals surface area contributed by atoms with E-state index in [0.717, 1.165) is 25.7 Å². The second-order valence-electron chi connectivity index (χ2n) is 6.53.